The van der Waals surface area contributed by atoms with Crippen LogP contribution in [0.15, 0.2) is 18.2 Å². The molecule has 0 saturated heterocycles. The number of hydrogen-bond donors (Lipinski definition) is 1. The molecular weight excluding hydrogens is 302 g/mol. The smallest absolute Gasteiger partial charge is 0.301 e. The number of carbonyl (C=O) groups excluding carboxylic acids is 1. The number of rotatable bonds is 6. The highest BCUT2D eigenvalue weighted by molar-refractivity contribution is 7.90. The van der Waals surface area contributed by atoms with E-state index in [1.54, 1.807) is 17.0 Å². The quantitative estimate of drug-likeness (QED) is 0.867. The Kier molecular flexibility index (Phi) is 4.77. The maximum atomic E-state index is 12.2. The van der Waals surface area contributed by atoms with Gasteiger partial charge in [-0.05, 0) is 29.7 Å². The lowest BCUT2D eigenvalue weighted by Crippen LogP contribution is -2.31. The first kappa shape index (κ1) is 16.8. The third kappa shape index (κ3) is 3.41. The molecule has 0 fully saturated rings. The Morgan fingerprint density at radius 1 is 1.36 bits per heavy atom. The molecule has 22 heavy (non-hydrogen) atoms. The van der Waals surface area contributed by atoms with Crippen molar-refractivity contribution in [3.05, 3.63) is 23.8 Å². The first-order chi connectivity index (χ1) is 10.2. The number of carbonyl (C=O) groups is 1. The highest BCUT2D eigenvalue weighted by Gasteiger charge is 2.28. The molecule has 1 N–H and O–H groups in total. The summed E-state index contributed by atoms with van der Waals surface area (Å²) in [5, 5.41) is 0. The lowest BCUT2D eigenvalue weighted by Gasteiger charge is -2.21. The Balaban J connectivity index is 2.24. The predicted octanol–water partition coefficient (Wildman–Crippen LogP) is 1.84. The molecular formula is C15H23N3O3S. The van der Waals surface area contributed by atoms with Gasteiger partial charge >= 0.3 is 10.2 Å². The third-order valence-corrected chi connectivity index (χ3v) is 5.39. The minimum atomic E-state index is -3.53. The van der Waals surface area contributed by atoms with Gasteiger partial charge in [-0.3, -0.25) is 9.52 Å². The monoisotopic (exact) mass is 325 g/mol. The van der Waals surface area contributed by atoms with Gasteiger partial charge in [0, 0.05) is 26.3 Å². The predicted molar refractivity (Wildman–Crippen MR) is 88.2 cm³/mol. The van der Waals surface area contributed by atoms with E-state index in [4.69, 9.17) is 0 Å². The second-order valence-electron chi connectivity index (χ2n) is 5.93. The number of anilines is 2. The van der Waals surface area contributed by atoms with Gasteiger partial charge in [-0.1, -0.05) is 20.3 Å². The topological polar surface area (TPSA) is 69.7 Å². The summed E-state index contributed by atoms with van der Waals surface area (Å²) in [5.74, 6) is 0.504. The molecule has 1 atom stereocenters. The van der Waals surface area contributed by atoms with Crippen molar-refractivity contribution in [2.24, 2.45) is 5.92 Å². The van der Waals surface area contributed by atoms with E-state index in [0.717, 1.165) is 22.0 Å². The largest absolute Gasteiger partial charge is 0.312 e. The van der Waals surface area contributed by atoms with Crippen molar-refractivity contribution in [2.75, 3.05) is 30.3 Å². The lowest BCUT2D eigenvalue weighted by atomic mass is 10.1. The van der Waals surface area contributed by atoms with Gasteiger partial charge in [0.25, 0.3) is 0 Å². The van der Waals surface area contributed by atoms with Gasteiger partial charge in [0.1, 0.15) is 0 Å². The van der Waals surface area contributed by atoms with Crippen molar-refractivity contribution >= 4 is 27.5 Å². The van der Waals surface area contributed by atoms with E-state index < -0.39 is 10.2 Å². The van der Waals surface area contributed by atoms with Crippen LogP contribution in [-0.2, 0) is 21.4 Å². The molecule has 0 aliphatic carbocycles. The molecule has 1 aromatic rings. The average Bonchev–Trinajstić information content (AvgIpc) is 2.73. The van der Waals surface area contributed by atoms with Gasteiger partial charge in [0.15, 0.2) is 0 Å². The van der Waals surface area contributed by atoms with Gasteiger partial charge in [0.2, 0.25) is 5.91 Å². The van der Waals surface area contributed by atoms with Crippen LogP contribution < -0.4 is 9.62 Å². The molecule has 1 aliphatic rings. The highest BCUT2D eigenvalue weighted by atomic mass is 32.2. The number of benzene rings is 1. The molecule has 0 spiro atoms. The number of nitrogens with one attached hydrogen (secondary N) is 1. The normalized spacial score (nSPS) is 16.0. The molecule has 1 aliphatic heterocycles. The fraction of sp³-hybridized carbons (Fsp3) is 0.533. The molecule has 0 bridgehead atoms. The van der Waals surface area contributed by atoms with Crippen LogP contribution in [0.5, 0.6) is 0 Å². The van der Waals surface area contributed by atoms with Crippen LogP contribution in [0.3, 0.4) is 0 Å². The van der Waals surface area contributed by atoms with E-state index in [2.05, 4.69) is 18.6 Å². The fourth-order valence-corrected chi connectivity index (χ4v) is 2.94. The van der Waals surface area contributed by atoms with Gasteiger partial charge in [-0.25, -0.2) is 0 Å². The summed E-state index contributed by atoms with van der Waals surface area (Å²) in [6, 6.07) is 5.25. The van der Waals surface area contributed by atoms with Crippen molar-refractivity contribution in [1.29, 1.82) is 0 Å². The standard InChI is InChI=1S/C15H23N3O3S/c1-5-11(2)10-18-14-7-6-13(8-12(14)9-15(18)19)16-22(20,21)17(3)4/h6-8,11,16H,5,9-10H2,1-4H3/t11-/m1/s1. The van der Waals surface area contributed by atoms with E-state index in [1.807, 2.05) is 6.07 Å². The zero-order chi connectivity index (χ0) is 16.5. The molecule has 0 saturated carbocycles. The van der Waals surface area contributed by atoms with Crippen LogP contribution in [0, 0.1) is 5.92 Å². The van der Waals surface area contributed by atoms with Crippen molar-refractivity contribution < 1.29 is 13.2 Å². The van der Waals surface area contributed by atoms with Crippen LogP contribution in [0.1, 0.15) is 25.8 Å². The SMILES string of the molecule is CC[C@@H](C)CN1C(=O)Cc2cc(NS(=O)(=O)N(C)C)ccc21. The fourth-order valence-electron chi connectivity index (χ4n) is 2.33. The third-order valence-electron chi connectivity index (χ3n) is 3.93. The van der Waals surface area contributed by atoms with Crippen LogP contribution in [0.25, 0.3) is 0 Å². The summed E-state index contributed by atoms with van der Waals surface area (Å²) in [7, 11) is -0.603. The summed E-state index contributed by atoms with van der Waals surface area (Å²) in [4.78, 5) is 14.0. The zero-order valence-electron chi connectivity index (χ0n) is 13.5. The lowest BCUT2D eigenvalue weighted by molar-refractivity contribution is -0.117. The Morgan fingerprint density at radius 3 is 2.64 bits per heavy atom. The Labute approximate surface area is 132 Å². The minimum absolute atomic E-state index is 0.0721. The first-order valence-electron chi connectivity index (χ1n) is 7.38. The Morgan fingerprint density at radius 2 is 2.05 bits per heavy atom. The number of nitrogens with zero attached hydrogens (tertiary/aromatic N) is 2. The second-order valence-corrected chi connectivity index (χ2v) is 7.81. The van der Waals surface area contributed by atoms with Gasteiger partial charge < -0.3 is 4.90 Å². The van der Waals surface area contributed by atoms with Crippen LogP contribution in [0.2, 0.25) is 0 Å². The van der Waals surface area contributed by atoms with E-state index in [-0.39, 0.29) is 5.91 Å². The summed E-state index contributed by atoms with van der Waals surface area (Å²) in [6.07, 6.45) is 1.34. The first-order valence-corrected chi connectivity index (χ1v) is 8.82. The molecule has 6 nitrogen and oxygen atoms in total. The van der Waals surface area contributed by atoms with E-state index >= 15 is 0 Å². The Bertz CT molecular complexity index is 671. The van der Waals surface area contributed by atoms with Crippen molar-refractivity contribution in [2.45, 2.75) is 26.7 Å². The summed E-state index contributed by atoms with van der Waals surface area (Å²) < 4.78 is 27.3. The molecule has 122 valence electrons. The summed E-state index contributed by atoms with van der Waals surface area (Å²) >= 11 is 0. The summed E-state index contributed by atoms with van der Waals surface area (Å²) in [6.45, 7) is 4.92. The van der Waals surface area contributed by atoms with Crippen molar-refractivity contribution in [3.8, 4) is 0 Å². The zero-order valence-corrected chi connectivity index (χ0v) is 14.3. The van der Waals surface area contributed by atoms with Gasteiger partial charge in [-0.15, -0.1) is 0 Å². The molecule has 0 radical (unpaired) electrons. The Hall–Kier alpha value is -1.60. The maximum Gasteiger partial charge on any atom is 0.301 e. The molecule has 1 heterocycles. The number of fused-ring (bicyclic) bond motifs is 1. The number of amides is 1. The van der Waals surface area contributed by atoms with Gasteiger partial charge in [-0.2, -0.15) is 12.7 Å². The van der Waals surface area contributed by atoms with E-state index in [9.17, 15) is 13.2 Å². The van der Waals surface area contributed by atoms with Gasteiger partial charge in [0.05, 0.1) is 12.1 Å². The highest BCUT2D eigenvalue weighted by Crippen LogP contribution is 2.32. The van der Waals surface area contributed by atoms with Crippen molar-refractivity contribution in [1.82, 2.24) is 4.31 Å². The van der Waals surface area contributed by atoms with Crippen LogP contribution in [-0.4, -0.2) is 39.3 Å². The number of hydrogen-bond acceptors (Lipinski definition) is 3. The van der Waals surface area contributed by atoms with E-state index in [0.29, 0.717) is 24.6 Å². The summed E-state index contributed by atoms with van der Waals surface area (Å²) in [5.41, 5.74) is 2.23. The van der Waals surface area contributed by atoms with Crippen molar-refractivity contribution in [3.63, 3.8) is 0 Å². The minimum Gasteiger partial charge on any atom is -0.312 e. The van der Waals surface area contributed by atoms with E-state index in [1.165, 1.54) is 14.1 Å². The van der Waals surface area contributed by atoms with Crippen LogP contribution in [0.4, 0.5) is 11.4 Å². The maximum absolute atomic E-state index is 12.2. The average molecular weight is 325 g/mol. The molecule has 7 heteroatoms. The molecule has 0 aromatic heterocycles. The molecule has 0 unspecified atom stereocenters. The molecule has 1 amide bonds. The molecule has 1 aromatic carbocycles. The molecule has 2 rings (SSSR count). The van der Waals surface area contributed by atoms with Crippen LogP contribution >= 0.6 is 0 Å². The second kappa shape index (κ2) is 6.26.